The van der Waals surface area contributed by atoms with Crippen LogP contribution in [-0.4, -0.2) is 32.0 Å². The highest BCUT2D eigenvalue weighted by Gasteiger charge is 2.08. The van der Waals surface area contributed by atoms with Crippen molar-refractivity contribution in [3.8, 4) is 0 Å². The van der Waals surface area contributed by atoms with Gasteiger partial charge in [0.05, 0.1) is 22.6 Å². The van der Waals surface area contributed by atoms with E-state index in [4.69, 9.17) is 11.6 Å². The second kappa shape index (κ2) is 6.76. The number of halogens is 1. The highest BCUT2D eigenvalue weighted by molar-refractivity contribution is 6.31. The number of rotatable bonds is 6. The molecule has 2 rings (SSSR count). The van der Waals surface area contributed by atoms with E-state index in [1.165, 1.54) is 0 Å². The number of aromatic nitrogens is 4. The van der Waals surface area contributed by atoms with E-state index < -0.39 is 0 Å². The molecule has 0 unspecified atom stereocenters. The zero-order valence-electron chi connectivity index (χ0n) is 12.6. The molecular formula is C14H20ClN5O. The highest BCUT2D eigenvalue weighted by atomic mass is 35.5. The highest BCUT2D eigenvalue weighted by Crippen LogP contribution is 2.12. The molecule has 1 amide bonds. The lowest BCUT2D eigenvalue weighted by Gasteiger charge is -2.08. The van der Waals surface area contributed by atoms with Crippen molar-refractivity contribution in [2.45, 2.75) is 40.3 Å². The Labute approximate surface area is 129 Å². The van der Waals surface area contributed by atoms with Crippen LogP contribution < -0.4 is 5.32 Å². The molecule has 0 aliphatic heterocycles. The molecule has 0 spiro atoms. The first-order valence-electron chi connectivity index (χ1n) is 6.93. The van der Waals surface area contributed by atoms with E-state index >= 15 is 0 Å². The second-order valence-corrected chi connectivity index (χ2v) is 5.50. The molecule has 0 aliphatic rings. The third kappa shape index (κ3) is 4.07. The molecule has 0 saturated heterocycles. The summed E-state index contributed by atoms with van der Waals surface area (Å²) in [7, 11) is 0. The number of hydrogen-bond donors (Lipinski definition) is 1. The van der Waals surface area contributed by atoms with Gasteiger partial charge in [0, 0.05) is 18.8 Å². The predicted octanol–water partition coefficient (Wildman–Crippen LogP) is 1.86. The molecule has 2 aromatic rings. The third-order valence-electron chi connectivity index (χ3n) is 3.31. The van der Waals surface area contributed by atoms with Crippen molar-refractivity contribution < 1.29 is 4.79 Å². The number of nitrogens with zero attached hydrogens (tertiary/aromatic N) is 4. The van der Waals surface area contributed by atoms with Gasteiger partial charge in [-0.1, -0.05) is 11.6 Å². The molecule has 114 valence electrons. The van der Waals surface area contributed by atoms with Crippen molar-refractivity contribution in [3.63, 3.8) is 0 Å². The molecule has 2 heterocycles. The maximum Gasteiger partial charge on any atom is 0.241 e. The summed E-state index contributed by atoms with van der Waals surface area (Å²) in [6.45, 7) is 7.45. The van der Waals surface area contributed by atoms with Gasteiger partial charge in [-0.2, -0.15) is 10.2 Å². The van der Waals surface area contributed by atoms with Gasteiger partial charge in [-0.05, 0) is 33.3 Å². The minimum Gasteiger partial charge on any atom is -0.354 e. The van der Waals surface area contributed by atoms with Crippen molar-refractivity contribution in [2.24, 2.45) is 0 Å². The van der Waals surface area contributed by atoms with Gasteiger partial charge in [0.1, 0.15) is 6.54 Å². The summed E-state index contributed by atoms with van der Waals surface area (Å²) in [5.74, 6) is -0.0637. The average molecular weight is 310 g/mol. The first-order chi connectivity index (χ1) is 9.97. The molecule has 0 atom stereocenters. The first-order valence-corrected chi connectivity index (χ1v) is 7.31. The van der Waals surface area contributed by atoms with Gasteiger partial charge < -0.3 is 5.32 Å². The van der Waals surface area contributed by atoms with Gasteiger partial charge in [0.15, 0.2) is 0 Å². The van der Waals surface area contributed by atoms with Gasteiger partial charge in [0.25, 0.3) is 0 Å². The summed E-state index contributed by atoms with van der Waals surface area (Å²) in [5, 5.41) is 11.9. The number of aryl methyl sites for hydroxylation is 3. The zero-order chi connectivity index (χ0) is 15.4. The third-order valence-corrected chi connectivity index (χ3v) is 3.68. The molecule has 0 aromatic carbocycles. The monoisotopic (exact) mass is 309 g/mol. The van der Waals surface area contributed by atoms with E-state index in [1.54, 1.807) is 10.9 Å². The number of hydrogen-bond acceptors (Lipinski definition) is 3. The summed E-state index contributed by atoms with van der Waals surface area (Å²) >= 11 is 5.90. The lowest BCUT2D eigenvalue weighted by Crippen LogP contribution is -2.29. The molecule has 0 saturated carbocycles. The molecule has 21 heavy (non-hydrogen) atoms. The lowest BCUT2D eigenvalue weighted by molar-refractivity contribution is -0.121. The minimum atomic E-state index is -0.0637. The molecule has 2 aromatic heterocycles. The Morgan fingerprint density at radius 1 is 1.33 bits per heavy atom. The van der Waals surface area contributed by atoms with Crippen LogP contribution in [0.25, 0.3) is 0 Å². The summed E-state index contributed by atoms with van der Waals surface area (Å²) in [6, 6.07) is 2.04. The Balaban J connectivity index is 1.72. The topological polar surface area (TPSA) is 64.7 Å². The summed E-state index contributed by atoms with van der Waals surface area (Å²) in [6.07, 6.45) is 2.39. The molecule has 0 fully saturated rings. The Hall–Kier alpha value is -1.82. The van der Waals surface area contributed by atoms with Crippen LogP contribution in [0.1, 0.15) is 23.5 Å². The zero-order valence-corrected chi connectivity index (χ0v) is 13.3. The van der Waals surface area contributed by atoms with Crippen LogP contribution in [0, 0.1) is 20.8 Å². The van der Waals surface area contributed by atoms with Gasteiger partial charge in [-0.3, -0.25) is 14.2 Å². The standard InChI is InChI=1S/C14H20ClN5O/c1-10-7-11(2)19(18-10)6-4-5-16-14(21)9-20-12(3)13(15)8-17-20/h7-8H,4-6,9H2,1-3H3,(H,16,21). The maximum absolute atomic E-state index is 11.8. The minimum absolute atomic E-state index is 0.0637. The smallest absolute Gasteiger partial charge is 0.241 e. The molecular weight excluding hydrogens is 290 g/mol. The van der Waals surface area contributed by atoms with Crippen molar-refractivity contribution in [2.75, 3.05) is 6.54 Å². The fraction of sp³-hybridized carbons (Fsp3) is 0.500. The molecule has 0 bridgehead atoms. The summed E-state index contributed by atoms with van der Waals surface area (Å²) < 4.78 is 3.55. The fourth-order valence-corrected chi connectivity index (χ4v) is 2.27. The van der Waals surface area contributed by atoms with Crippen molar-refractivity contribution in [1.82, 2.24) is 24.9 Å². The van der Waals surface area contributed by atoms with E-state index in [9.17, 15) is 4.79 Å². The number of amides is 1. The van der Waals surface area contributed by atoms with Crippen LogP contribution in [0.2, 0.25) is 5.02 Å². The normalized spacial score (nSPS) is 10.9. The van der Waals surface area contributed by atoms with E-state index in [2.05, 4.69) is 15.5 Å². The van der Waals surface area contributed by atoms with Crippen LogP contribution in [0.15, 0.2) is 12.3 Å². The van der Waals surface area contributed by atoms with Crippen LogP contribution in [-0.2, 0) is 17.9 Å². The quantitative estimate of drug-likeness (QED) is 0.828. The largest absolute Gasteiger partial charge is 0.354 e. The van der Waals surface area contributed by atoms with Gasteiger partial charge in [-0.25, -0.2) is 0 Å². The number of carbonyl (C=O) groups excluding carboxylic acids is 1. The predicted molar refractivity (Wildman–Crippen MR) is 81.3 cm³/mol. The Kier molecular flexibility index (Phi) is 5.01. The van der Waals surface area contributed by atoms with Crippen LogP contribution in [0.3, 0.4) is 0 Å². The Morgan fingerprint density at radius 3 is 2.67 bits per heavy atom. The molecule has 1 N–H and O–H groups in total. The van der Waals surface area contributed by atoms with Crippen LogP contribution in [0.4, 0.5) is 0 Å². The SMILES string of the molecule is Cc1cc(C)n(CCCNC(=O)Cn2ncc(Cl)c2C)n1. The number of carbonyl (C=O) groups is 1. The van der Waals surface area contributed by atoms with Crippen LogP contribution in [0.5, 0.6) is 0 Å². The van der Waals surface area contributed by atoms with E-state index in [0.29, 0.717) is 11.6 Å². The first kappa shape index (κ1) is 15.6. The molecule has 0 radical (unpaired) electrons. The summed E-state index contributed by atoms with van der Waals surface area (Å²) in [5.41, 5.74) is 2.96. The van der Waals surface area contributed by atoms with Gasteiger partial charge >= 0.3 is 0 Å². The lowest BCUT2D eigenvalue weighted by atomic mass is 10.3. The van der Waals surface area contributed by atoms with Crippen molar-refractivity contribution in [3.05, 3.63) is 34.4 Å². The van der Waals surface area contributed by atoms with E-state index in [1.807, 2.05) is 31.5 Å². The van der Waals surface area contributed by atoms with Gasteiger partial charge in [-0.15, -0.1) is 0 Å². The van der Waals surface area contributed by atoms with Crippen LogP contribution >= 0.6 is 11.6 Å². The van der Waals surface area contributed by atoms with Crippen molar-refractivity contribution in [1.29, 1.82) is 0 Å². The fourth-order valence-electron chi connectivity index (χ4n) is 2.13. The molecule has 0 aliphatic carbocycles. The molecule has 6 nitrogen and oxygen atoms in total. The average Bonchev–Trinajstić information content (AvgIpc) is 2.91. The van der Waals surface area contributed by atoms with Gasteiger partial charge in [0.2, 0.25) is 5.91 Å². The van der Waals surface area contributed by atoms with Crippen molar-refractivity contribution >= 4 is 17.5 Å². The number of nitrogens with one attached hydrogen (secondary N) is 1. The Morgan fingerprint density at radius 2 is 2.10 bits per heavy atom. The second-order valence-electron chi connectivity index (χ2n) is 5.09. The Bertz CT molecular complexity index is 631. The summed E-state index contributed by atoms with van der Waals surface area (Å²) in [4.78, 5) is 11.8. The van der Waals surface area contributed by atoms with E-state index in [-0.39, 0.29) is 12.5 Å². The van der Waals surface area contributed by atoms with E-state index in [0.717, 1.165) is 30.0 Å². The molecule has 7 heteroatoms. The maximum atomic E-state index is 11.8.